The summed E-state index contributed by atoms with van der Waals surface area (Å²) >= 11 is 0. The molecule has 7 heteroatoms. The maximum Gasteiger partial charge on any atom is 0.278 e. The first-order valence-corrected chi connectivity index (χ1v) is 11.5. The Bertz CT molecular complexity index is 1150. The number of nitrogens with two attached hydrogens (primary N) is 1. The second-order valence-electron chi connectivity index (χ2n) is 9.07. The molecule has 2 heterocycles. The number of carbonyl (C=O) groups excluding carboxylic acids is 2. The zero-order valence-electron chi connectivity index (χ0n) is 19.5. The van der Waals surface area contributed by atoms with Crippen LogP contribution in [0, 0.1) is 20.8 Å². The fourth-order valence-electron chi connectivity index (χ4n) is 4.87. The van der Waals surface area contributed by atoms with E-state index in [1.807, 2.05) is 35.0 Å². The minimum atomic E-state index is -0.707. The first-order chi connectivity index (χ1) is 15.8. The molecule has 4 rings (SSSR count). The third-order valence-electron chi connectivity index (χ3n) is 6.38. The summed E-state index contributed by atoms with van der Waals surface area (Å²) < 4.78 is 4.16. The Morgan fingerprint density at radius 2 is 1.88 bits per heavy atom. The Labute approximate surface area is 194 Å². The lowest BCUT2D eigenvalue weighted by atomic mass is 10.0. The number of rotatable bonds is 8. The van der Waals surface area contributed by atoms with Crippen LogP contribution in [-0.4, -0.2) is 27.6 Å². The van der Waals surface area contributed by atoms with Gasteiger partial charge in [-0.05, 0) is 50.3 Å². The maximum absolute atomic E-state index is 12.6. The number of benzene rings is 2. The molecule has 0 bridgehead atoms. The first-order valence-electron chi connectivity index (χ1n) is 11.5. The maximum atomic E-state index is 12.6. The van der Waals surface area contributed by atoms with Gasteiger partial charge in [-0.3, -0.25) is 9.59 Å². The number of aryl methyl sites for hydroxylation is 4. The predicted octanol–water partition coefficient (Wildman–Crippen LogP) is 2.57. The van der Waals surface area contributed by atoms with Gasteiger partial charge in [0.25, 0.3) is 5.82 Å². The van der Waals surface area contributed by atoms with Crippen molar-refractivity contribution in [2.24, 2.45) is 5.73 Å². The largest absolute Gasteiger partial charge is 0.368 e. The topological polar surface area (TPSA) is 93.9 Å². The lowest BCUT2D eigenvalue weighted by Gasteiger charge is -2.16. The van der Waals surface area contributed by atoms with Crippen LogP contribution in [0.1, 0.15) is 53.4 Å². The van der Waals surface area contributed by atoms with Gasteiger partial charge in [0, 0.05) is 24.4 Å². The molecule has 0 unspecified atom stereocenters. The number of hydrogen-bond acceptors (Lipinski definition) is 3. The van der Waals surface area contributed by atoms with Gasteiger partial charge in [-0.1, -0.05) is 52.7 Å². The number of hydrogen-bond donors (Lipinski definition) is 2. The number of nitrogens with one attached hydrogen (secondary N) is 1. The van der Waals surface area contributed by atoms with Crippen LogP contribution in [0.15, 0.2) is 48.8 Å². The van der Waals surface area contributed by atoms with Crippen molar-refractivity contribution in [3.63, 3.8) is 0 Å². The van der Waals surface area contributed by atoms with Crippen LogP contribution in [0.4, 0.5) is 0 Å². The van der Waals surface area contributed by atoms with Crippen LogP contribution in [0.25, 0.3) is 5.69 Å². The third kappa shape index (κ3) is 5.13. The van der Waals surface area contributed by atoms with Gasteiger partial charge in [0.05, 0.1) is 6.04 Å². The zero-order valence-corrected chi connectivity index (χ0v) is 19.5. The molecule has 0 spiro atoms. The standard InChI is InChI=1S/C26H31N5O2/c1-17-13-18(2)25(19(3)14-17)31-16-30-21(9-11-23(30)29-31)10-12-24(32)28-22(26(27)33)15-20-7-5-4-6-8-20/h4-8,13-14,16,21-22H,9-12,15H2,1-3H3,(H2-,27,28,32,33)/p+1/t21-,22-/m0/s1. The summed E-state index contributed by atoms with van der Waals surface area (Å²) in [5, 5.41) is 7.65. The van der Waals surface area contributed by atoms with Crippen molar-refractivity contribution in [2.45, 2.75) is 65.0 Å². The fraction of sp³-hybridized carbons (Fsp3) is 0.385. The van der Waals surface area contributed by atoms with Crippen LogP contribution in [-0.2, 0) is 22.4 Å². The van der Waals surface area contributed by atoms with Crippen LogP contribution >= 0.6 is 0 Å². The summed E-state index contributed by atoms with van der Waals surface area (Å²) in [6.45, 7) is 6.32. The molecule has 1 aliphatic rings. The van der Waals surface area contributed by atoms with E-state index < -0.39 is 11.9 Å². The first kappa shape index (κ1) is 22.7. The highest BCUT2D eigenvalue weighted by Crippen LogP contribution is 2.24. The molecule has 3 N–H and O–H groups in total. The van der Waals surface area contributed by atoms with Crippen molar-refractivity contribution in [2.75, 3.05) is 0 Å². The van der Waals surface area contributed by atoms with Crippen molar-refractivity contribution in [3.05, 3.63) is 76.9 Å². The highest BCUT2D eigenvalue weighted by Gasteiger charge is 2.33. The van der Waals surface area contributed by atoms with E-state index in [-0.39, 0.29) is 11.9 Å². The van der Waals surface area contributed by atoms with Crippen molar-refractivity contribution < 1.29 is 14.2 Å². The van der Waals surface area contributed by atoms with Crippen LogP contribution < -0.4 is 15.6 Å². The van der Waals surface area contributed by atoms with Crippen molar-refractivity contribution in [3.8, 4) is 5.69 Å². The van der Waals surface area contributed by atoms with Crippen molar-refractivity contribution in [1.29, 1.82) is 0 Å². The summed E-state index contributed by atoms with van der Waals surface area (Å²) in [5.41, 5.74) is 11.2. The van der Waals surface area contributed by atoms with Crippen molar-refractivity contribution in [1.82, 2.24) is 15.1 Å². The van der Waals surface area contributed by atoms with Gasteiger partial charge < -0.3 is 11.1 Å². The lowest BCUT2D eigenvalue weighted by molar-refractivity contribution is -0.717. The normalized spacial score (nSPS) is 15.8. The fourth-order valence-corrected chi connectivity index (χ4v) is 4.87. The summed E-state index contributed by atoms with van der Waals surface area (Å²) in [4.78, 5) is 24.5. The molecule has 2 amide bonds. The number of aromatic nitrogens is 3. The van der Waals surface area contributed by atoms with Gasteiger partial charge >= 0.3 is 0 Å². The number of amides is 2. The monoisotopic (exact) mass is 446 g/mol. The molecule has 2 atom stereocenters. The molecule has 0 saturated carbocycles. The van der Waals surface area contributed by atoms with E-state index in [1.165, 1.54) is 16.7 Å². The highest BCUT2D eigenvalue weighted by atomic mass is 16.2. The third-order valence-corrected chi connectivity index (χ3v) is 6.38. The second-order valence-corrected chi connectivity index (χ2v) is 9.07. The van der Waals surface area contributed by atoms with Gasteiger partial charge in [0.2, 0.25) is 18.1 Å². The molecule has 3 aromatic rings. The van der Waals surface area contributed by atoms with E-state index in [1.54, 1.807) is 0 Å². The van der Waals surface area contributed by atoms with Gasteiger partial charge in [-0.25, -0.2) is 4.57 Å². The Kier molecular flexibility index (Phi) is 6.58. The van der Waals surface area contributed by atoms with Gasteiger partial charge in [0.1, 0.15) is 11.7 Å². The van der Waals surface area contributed by atoms with Crippen LogP contribution in [0.5, 0.6) is 0 Å². The summed E-state index contributed by atoms with van der Waals surface area (Å²) in [7, 11) is 0. The Morgan fingerprint density at radius 3 is 2.55 bits per heavy atom. The molecule has 0 radical (unpaired) electrons. The predicted molar refractivity (Wildman–Crippen MR) is 126 cm³/mol. The van der Waals surface area contributed by atoms with E-state index in [0.29, 0.717) is 19.3 Å². The van der Waals surface area contributed by atoms with Gasteiger partial charge in [-0.2, -0.15) is 0 Å². The van der Waals surface area contributed by atoms with Crippen LogP contribution in [0.2, 0.25) is 0 Å². The number of carbonyl (C=O) groups is 2. The quantitative estimate of drug-likeness (QED) is 0.521. The molecule has 7 nitrogen and oxygen atoms in total. The summed E-state index contributed by atoms with van der Waals surface area (Å²) in [6, 6.07) is 13.4. The average Bonchev–Trinajstić information content (AvgIpc) is 3.33. The highest BCUT2D eigenvalue weighted by molar-refractivity contribution is 5.86. The molecule has 0 fully saturated rings. The molecule has 0 saturated heterocycles. The van der Waals surface area contributed by atoms with E-state index in [9.17, 15) is 9.59 Å². The molecule has 172 valence electrons. The Balaban J connectivity index is 1.40. The minimum Gasteiger partial charge on any atom is -0.368 e. The number of nitrogens with zero attached hydrogens (tertiary/aromatic N) is 3. The average molecular weight is 447 g/mol. The molecule has 1 aliphatic heterocycles. The molecular formula is C26H32N5O2+. The molecule has 0 aliphatic carbocycles. The van der Waals surface area contributed by atoms with Gasteiger partial charge in [0.15, 0.2) is 0 Å². The molecule has 2 aromatic carbocycles. The van der Waals surface area contributed by atoms with E-state index in [2.05, 4.69) is 49.1 Å². The summed E-state index contributed by atoms with van der Waals surface area (Å²) in [5.74, 6) is 0.370. The summed E-state index contributed by atoms with van der Waals surface area (Å²) in [6.07, 6.45) is 5.33. The smallest absolute Gasteiger partial charge is 0.278 e. The van der Waals surface area contributed by atoms with E-state index >= 15 is 0 Å². The molecular weight excluding hydrogens is 414 g/mol. The SMILES string of the molecule is Cc1cc(C)c(-n2c[n+]3c(n2)CC[C@H]3CCC(=O)N[C@@H](Cc2ccccc2)C(N)=O)c(C)c1. The zero-order chi connectivity index (χ0) is 23.5. The second kappa shape index (κ2) is 9.57. The van der Waals surface area contributed by atoms with E-state index in [0.717, 1.165) is 29.9 Å². The molecule has 1 aromatic heterocycles. The number of fused-ring (bicyclic) bond motifs is 1. The number of primary amides is 1. The Morgan fingerprint density at radius 1 is 1.18 bits per heavy atom. The Hall–Kier alpha value is -3.48. The van der Waals surface area contributed by atoms with Crippen LogP contribution in [0.3, 0.4) is 0 Å². The lowest BCUT2D eigenvalue weighted by Crippen LogP contribution is -2.46. The molecule has 33 heavy (non-hydrogen) atoms. The minimum absolute atomic E-state index is 0.151. The van der Waals surface area contributed by atoms with E-state index in [4.69, 9.17) is 10.8 Å². The van der Waals surface area contributed by atoms with Gasteiger partial charge in [-0.15, -0.1) is 0 Å². The van der Waals surface area contributed by atoms with Crippen molar-refractivity contribution >= 4 is 11.8 Å².